The Morgan fingerprint density at radius 3 is 2.08 bits per heavy atom. The Hall–Kier alpha value is -3.49. The number of aryl methyl sites for hydroxylation is 2. The van der Waals surface area contributed by atoms with Gasteiger partial charge in [-0.3, -0.25) is 9.59 Å². The third kappa shape index (κ3) is 7.76. The summed E-state index contributed by atoms with van der Waals surface area (Å²) in [5, 5.41) is 2.95. The van der Waals surface area contributed by atoms with Crippen molar-refractivity contribution < 1.29 is 18.0 Å². The Morgan fingerprint density at radius 1 is 0.842 bits per heavy atom. The van der Waals surface area contributed by atoms with Gasteiger partial charge in [-0.25, -0.2) is 8.42 Å². The topological polar surface area (TPSA) is 86.8 Å². The van der Waals surface area contributed by atoms with Crippen molar-refractivity contribution in [1.82, 2.24) is 14.5 Å². The average molecular weight is 536 g/mol. The van der Waals surface area contributed by atoms with E-state index in [0.717, 1.165) is 26.6 Å². The van der Waals surface area contributed by atoms with Crippen molar-refractivity contribution in [3.05, 3.63) is 101 Å². The van der Waals surface area contributed by atoms with Crippen LogP contribution in [-0.2, 0) is 32.6 Å². The highest BCUT2D eigenvalue weighted by molar-refractivity contribution is 7.89. The highest BCUT2D eigenvalue weighted by atomic mass is 32.2. The lowest BCUT2D eigenvalue weighted by molar-refractivity contribution is -0.141. The summed E-state index contributed by atoms with van der Waals surface area (Å²) >= 11 is 0. The Balaban J connectivity index is 1.97. The molecule has 1 atom stereocenters. The van der Waals surface area contributed by atoms with E-state index in [9.17, 15) is 18.0 Å². The van der Waals surface area contributed by atoms with E-state index in [1.54, 1.807) is 12.1 Å². The summed E-state index contributed by atoms with van der Waals surface area (Å²) in [7, 11) is -2.52. The van der Waals surface area contributed by atoms with Gasteiger partial charge in [-0.15, -0.1) is 0 Å². The molecule has 0 aliphatic carbocycles. The van der Waals surface area contributed by atoms with E-state index in [1.807, 2.05) is 82.3 Å². The minimum atomic E-state index is -3.90. The number of nitrogens with zero attached hydrogens (tertiary/aromatic N) is 2. The molecule has 2 amide bonds. The standard InChI is InChI=1S/C30H37N3O4S/c1-22(2)31-30(35)28(19-25-11-7-6-8-12-25)33(20-26-13-9-10-24(4)18-26)29(34)21-32(5)38(36,37)27-16-14-23(3)15-17-27/h6-18,22,28H,19-21H2,1-5H3,(H,31,35). The van der Waals surface area contributed by atoms with Crippen LogP contribution >= 0.6 is 0 Å². The molecule has 0 heterocycles. The van der Waals surface area contributed by atoms with Crippen LogP contribution in [0.1, 0.15) is 36.1 Å². The summed E-state index contributed by atoms with van der Waals surface area (Å²) < 4.78 is 27.5. The smallest absolute Gasteiger partial charge is 0.243 e. The van der Waals surface area contributed by atoms with Crippen LogP contribution in [0.3, 0.4) is 0 Å². The summed E-state index contributed by atoms with van der Waals surface area (Å²) in [6, 6.07) is 22.8. The van der Waals surface area contributed by atoms with Crippen molar-refractivity contribution in [1.29, 1.82) is 0 Å². The monoisotopic (exact) mass is 535 g/mol. The summed E-state index contributed by atoms with van der Waals surface area (Å²) in [5.74, 6) is -0.738. The Morgan fingerprint density at radius 2 is 1.47 bits per heavy atom. The fourth-order valence-electron chi connectivity index (χ4n) is 4.20. The average Bonchev–Trinajstić information content (AvgIpc) is 2.86. The maximum atomic E-state index is 13.8. The van der Waals surface area contributed by atoms with E-state index in [-0.39, 0.29) is 23.4 Å². The van der Waals surface area contributed by atoms with Crippen LogP contribution in [0.4, 0.5) is 0 Å². The molecule has 1 unspecified atom stereocenters. The number of hydrogen-bond acceptors (Lipinski definition) is 4. The highest BCUT2D eigenvalue weighted by Crippen LogP contribution is 2.19. The minimum absolute atomic E-state index is 0.113. The molecule has 0 saturated heterocycles. The van der Waals surface area contributed by atoms with E-state index in [4.69, 9.17) is 0 Å². The maximum absolute atomic E-state index is 13.8. The second-order valence-corrected chi connectivity index (χ2v) is 12.0. The number of rotatable bonds is 11. The van der Waals surface area contributed by atoms with E-state index in [1.165, 1.54) is 24.1 Å². The first-order chi connectivity index (χ1) is 18.0. The number of hydrogen-bond donors (Lipinski definition) is 1. The second-order valence-electron chi connectivity index (χ2n) is 9.95. The third-order valence-corrected chi connectivity index (χ3v) is 8.04. The van der Waals surface area contributed by atoms with Crippen molar-refractivity contribution >= 4 is 21.8 Å². The predicted octanol–water partition coefficient (Wildman–Crippen LogP) is 4.09. The first-order valence-corrected chi connectivity index (χ1v) is 14.1. The van der Waals surface area contributed by atoms with Crippen LogP contribution < -0.4 is 5.32 Å². The van der Waals surface area contributed by atoms with Gasteiger partial charge in [0.2, 0.25) is 21.8 Å². The van der Waals surface area contributed by atoms with Gasteiger partial charge in [0.1, 0.15) is 6.04 Å². The first kappa shape index (κ1) is 29.1. The molecule has 0 radical (unpaired) electrons. The van der Waals surface area contributed by atoms with Crippen molar-refractivity contribution in [2.45, 2.75) is 57.6 Å². The predicted molar refractivity (Wildman–Crippen MR) is 150 cm³/mol. The van der Waals surface area contributed by atoms with E-state index in [0.29, 0.717) is 6.42 Å². The zero-order chi connectivity index (χ0) is 27.9. The van der Waals surface area contributed by atoms with Gasteiger partial charge in [0.15, 0.2) is 0 Å². The van der Waals surface area contributed by atoms with Crippen LogP contribution in [0.5, 0.6) is 0 Å². The fourth-order valence-corrected chi connectivity index (χ4v) is 5.32. The van der Waals surface area contributed by atoms with Gasteiger partial charge in [-0.1, -0.05) is 77.9 Å². The quantitative estimate of drug-likeness (QED) is 0.401. The Kier molecular flexibility index (Phi) is 9.83. The highest BCUT2D eigenvalue weighted by Gasteiger charge is 2.33. The zero-order valence-corrected chi connectivity index (χ0v) is 23.5. The molecular weight excluding hydrogens is 498 g/mol. The largest absolute Gasteiger partial charge is 0.352 e. The molecule has 0 spiro atoms. The molecular formula is C30H37N3O4S. The van der Waals surface area contributed by atoms with Gasteiger partial charge >= 0.3 is 0 Å². The van der Waals surface area contributed by atoms with Gasteiger partial charge in [0.05, 0.1) is 11.4 Å². The molecule has 3 rings (SSSR count). The number of carbonyl (C=O) groups is 2. The summed E-state index contributed by atoms with van der Waals surface area (Å²) in [5.41, 5.74) is 3.73. The molecule has 3 aromatic rings. The van der Waals surface area contributed by atoms with Crippen LogP contribution in [0.2, 0.25) is 0 Å². The zero-order valence-electron chi connectivity index (χ0n) is 22.7. The summed E-state index contributed by atoms with van der Waals surface area (Å²) in [6.45, 7) is 7.34. The summed E-state index contributed by atoms with van der Waals surface area (Å²) in [4.78, 5) is 28.9. The lowest BCUT2D eigenvalue weighted by atomic mass is 10.0. The molecule has 202 valence electrons. The number of carbonyl (C=O) groups excluding carboxylic acids is 2. The van der Waals surface area contributed by atoms with Gasteiger partial charge < -0.3 is 10.2 Å². The van der Waals surface area contributed by atoms with E-state index in [2.05, 4.69) is 5.32 Å². The third-order valence-electron chi connectivity index (χ3n) is 6.22. The molecule has 0 bridgehead atoms. The lowest BCUT2D eigenvalue weighted by Crippen LogP contribution is -2.53. The van der Waals surface area contributed by atoms with Gasteiger partial charge in [-0.2, -0.15) is 4.31 Å². The number of nitrogens with one attached hydrogen (secondary N) is 1. The Labute approximate surface area is 226 Å². The molecule has 7 nitrogen and oxygen atoms in total. The van der Waals surface area contributed by atoms with E-state index >= 15 is 0 Å². The Bertz CT molecular complexity index is 1340. The fraction of sp³-hybridized carbons (Fsp3) is 0.333. The van der Waals surface area contributed by atoms with Crippen LogP contribution in [0.15, 0.2) is 83.8 Å². The minimum Gasteiger partial charge on any atom is -0.352 e. The lowest BCUT2D eigenvalue weighted by Gasteiger charge is -2.33. The first-order valence-electron chi connectivity index (χ1n) is 12.7. The molecule has 0 aliphatic rings. The molecule has 1 N–H and O–H groups in total. The van der Waals surface area contributed by atoms with Crippen LogP contribution in [0.25, 0.3) is 0 Å². The molecule has 0 aromatic heterocycles. The molecule has 0 saturated carbocycles. The van der Waals surface area contributed by atoms with Gasteiger partial charge in [0.25, 0.3) is 0 Å². The molecule has 3 aromatic carbocycles. The molecule has 8 heteroatoms. The van der Waals surface area contributed by atoms with Crippen molar-refractivity contribution in [3.8, 4) is 0 Å². The molecule has 38 heavy (non-hydrogen) atoms. The molecule has 0 aliphatic heterocycles. The number of sulfonamides is 1. The second kappa shape index (κ2) is 12.8. The van der Waals surface area contributed by atoms with Gasteiger partial charge in [0, 0.05) is 26.1 Å². The van der Waals surface area contributed by atoms with Gasteiger partial charge in [-0.05, 0) is 51.0 Å². The van der Waals surface area contributed by atoms with Crippen LogP contribution in [-0.4, -0.2) is 55.1 Å². The van der Waals surface area contributed by atoms with E-state index < -0.39 is 28.5 Å². The SMILES string of the molecule is Cc1ccc(S(=O)(=O)N(C)CC(=O)N(Cc2cccc(C)c2)C(Cc2ccccc2)C(=O)NC(C)C)cc1. The maximum Gasteiger partial charge on any atom is 0.243 e. The summed E-state index contributed by atoms with van der Waals surface area (Å²) in [6.07, 6.45) is 0.297. The van der Waals surface area contributed by atoms with Crippen molar-refractivity contribution in [2.75, 3.05) is 13.6 Å². The number of likely N-dealkylation sites (N-methyl/N-ethyl adjacent to an activating group) is 1. The number of benzene rings is 3. The van der Waals surface area contributed by atoms with Crippen molar-refractivity contribution in [2.24, 2.45) is 0 Å². The number of amides is 2. The van der Waals surface area contributed by atoms with Crippen LogP contribution in [0, 0.1) is 13.8 Å². The van der Waals surface area contributed by atoms with Crippen molar-refractivity contribution in [3.63, 3.8) is 0 Å². The normalized spacial score (nSPS) is 12.4. The molecule has 0 fully saturated rings.